The summed E-state index contributed by atoms with van der Waals surface area (Å²) in [5, 5.41) is 0. The van der Waals surface area contributed by atoms with Crippen LogP contribution in [0.15, 0.2) is 0 Å². The van der Waals surface area contributed by atoms with E-state index in [9.17, 15) is 0 Å². The first-order chi connectivity index (χ1) is 11.4. The Morgan fingerprint density at radius 1 is 0.542 bits per heavy atom. The molecule has 4 heteroatoms. The highest BCUT2D eigenvalue weighted by Gasteiger charge is 2.07. The SMILES string of the molecule is CCCCCCCP(Br)C(C)C.CCCCCCCP(Br)C(C)C. The van der Waals surface area contributed by atoms with E-state index < -0.39 is 0 Å². The zero-order valence-corrected chi connectivity index (χ0v) is 22.3. The zero-order valence-electron chi connectivity index (χ0n) is 17.3. The van der Waals surface area contributed by atoms with E-state index in [0.717, 1.165) is 11.3 Å². The van der Waals surface area contributed by atoms with Crippen molar-refractivity contribution in [1.82, 2.24) is 0 Å². The molecule has 0 aromatic carbocycles. The summed E-state index contributed by atoms with van der Waals surface area (Å²) in [6.45, 7) is 14.1. The molecular weight excluding hydrogens is 462 g/mol. The maximum absolute atomic E-state index is 3.78. The minimum atomic E-state index is 0.152. The molecule has 0 aliphatic carbocycles. The Balaban J connectivity index is 0. The minimum Gasteiger partial charge on any atom is -0.0654 e. The molecule has 0 spiro atoms. The van der Waals surface area contributed by atoms with Gasteiger partial charge in [0.2, 0.25) is 0 Å². The van der Waals surface area contributed by atoms with Gasteiger partial charge in [0.15, 0.2) is 0 Å². The van der Waals surface area contributed by atoms with E-state index in [1.807, 2.05) is 0 Å². The van der Waals surface area contributed by atoms with E-state index in [4.69, 9.17) is 0 Å². The molecule has 2 unspecified atom stereocenters. The number of rotatable bonds is 14. The van der Waals surface area contributed by atoms with Crippen molar-refractivity contribution in [2.45, 2.75) is 117 Å². The van der Waals surface area contributed by atoms with Crippen LogP contribution < -0.4 is 0 Å². The van der Waals surface area contributed by atoms with Crippen LogP contribution in [-0.4, -0.2) is 23.6 Å². The lowest BCUT2D eigenvalue weighted by Gasteiger charge is -2.13. The highest BCUT2D eigenvalue weighted by Crippen LogP contribution is 2.50. The Labute approximate surface area is 173 Å². The van der Waals surface area contributed by atoms with Crippen LogP contribution in [0.2, 0.25) is 0 Å². The van der Waals surface area contributed by atoms with Crippen LogP contribution in [0.25, 0.3) is 0 Å². The summed E-state index contributed by atoms with van der Waals surface area (Å²) in [6.07, 6.45) is 17.0. The van der Waals surface area contributed by atoms with Crippen LogP contribution >= 0.6 is 44.2 Å². The molecule has 0 saturated carbocycles. The molecule has 0 rings (SSSR count). The molecule has 0 saturated heterocycles. The molecule has 0 aromatic heterocycles. The van der Waals surface area contributed by atoms with Gasteiger partial charge in [-0.15, -0.1) is 0 Å². The van der Waals surface area contributed by atoms with E-state index in [-0.39, 0.29) is 13.2 Å². The molecule has 2 atom stereocenters. The lowest BCUT2D eigenvalue weighted by Crippen LogP contribution is -1.91. The smallest absolute Gasteiger partial charge is 0.0168 e. The Bertz CT molecular complexity index is 212. The first-order valence-electron chi connectivity index (χ1n) is 10.2. The average Bonchev–Trinajstić information content (AvgIpc) is 2.54. The fourth-order valence-corrected chi connectivity index (χ4v) is 5.84. The lowest BCUT2D eigenvalue weighted by molar-refractivity contribution is 0.658. The maximum atomic E-state index is 3.78. The van der Waals surface area contributed by atoms with Crippen LogP contribution in [0.3, 0.4) is 0 Å². The van der Waals surface area contributed by atoms with Crippen LogP contribution in [0.5, 0.6) is 0 Å². The second kappa shape index (κ2) is 21.1. The van der Waals surface area contributed by atoms with Crippen LogP contribution in [0.4, 0.5) is 0 Å². The van der Waals surface area contributed by atoms with Gasteiger partial charge in [-0.2, -0.15) is 0 Å². The predicted molar refractivity (Wildman–Crippen MR) is 129 cm³/mol. The molecule has 0 amide bonds. The van der Waals surface area contributed by atoms with Gasteiger partial charge >= 0.3 is 0 Å². The highest BCUT2D eigenvalue weighted by atomic mass is 79.9. The zero-order chi connectivity index (χ0) is 18.8. The summed E-state index contributed by atoms with van der Waals surface area (Å²) < 4.78 is 0. The lowest BCUT2D eigenvalue weighted by atomic mass is 10.2. The van der Waals surface area contributed by atoms with E-state index in [0.29, 0.717) is 0 Å². The van der Waals surface area contributed by atoms with Gasteiger partial charge in [0.05, 0.1) is 0 Å². The molecule has 148 valence electrons. The van der Waals surface area contributed by atoms with Crippen molar-refractivity contribution in [3.05, 3.63) is 0 Å². The van der Waals surface area contributed by atoms with Gasteiger partial charge in [0.1, 0.15) is 0 Å². The third kappa shape index (κ3) is 21.9. The fraction of sp³-hybridized carbons (Fsp3) is 1.00. The van der Waals surface area contributed by atoms with Crippen molar-refractivity contribution in [2.24, 2.45) is 0 Å². The van der Waals surface area contributed by atoms with Crippen LogP contribution in [-0.2, 0) is 0 Å². The van der Waals surface area contributed by atoms with Gasteiger partial charge in [-0.25, -0.2) is 0 Å². The summed E-state index contributed by atoms with van der Waals surface area (Å²) >= 11 is 7.55. The molecule has 0 nitrogen and oxygen atoms in total. The monoisotopic (exact) mass is 504 g/mol. The van der Waals surface area contributed by atoms with Gasteiger partial charge in [-0.3, -0.25) is 0 Å². The minimum absolute atomic E-state index is 0.152. The Morgan fingerprint density at radius 2 is 0.833 bits per heavy atom. The number of halogens is 2. The standard InChI is InChI=1S/2C10H22BrP/c2*1-4-5-6-7-8-9-12(11)10(2)3/h2*10H,4-9H2,1-3H3. The topological polar surface area (TPSA) is 0 Å². The van der Waals surface area contributed by atoms with Crippen molar-refractivity contribution >= 4 is 44.2 Å². The summed E-state index contributed by atoms with van der Waals surface area (Å²) in [5.74, 6) is 0. The molecule has 0 radical (unpaired) electrons. The largest absolute Gasteiger partial charge is 0.0654 e. The molecular formula is C20H44Br2P2. The van der Waals surface area contributed by atoms with Crippen molar-refractivity contribution in [3.63, 3.8) is 0 Å². The molecule has 0 bridgehead atoms. The molecule has 0 N–H and O–H groups in total. The first-order valence-corrected chi connectivity index (χ1v) is 17.4. The van der Waals surface area contributed by atoms with Crippen molar-refractivity contribution in [1.29, 1.82) is 0 Å². The summed E-state index contributed by atoms with van der Waals surface area (Å²) in [6, 6.07) is 0. The number of hydrogen-bond donors (Lipinski definition) is 0. The summed E-state index contributed by atoms with van der Waals surface area (Å²) in [4.78, 5) is 0. The van der Waals surface area contributed by atoms with Crippen LogP contribution in [0, 0.1) is 0 Å². The van der Waals surface area contributed by atoms with Gasteiger partial charge in [-0.1, -0.05) is 124 Å². The molecule has 0 fully saturated rings. The Kier molecular flexibility index (Phi) is 24.7. The van der Waals surface area contributed by atoms with Gasteiger partial charge < -0.3 is 0 Å². The summed E-state index contributed by atoms with van der Waals surface area (Å²) in [5.41, 5.74) is 1.71. The van der Waals surface area contributed by atoms with Gasteiger partial charge in [0, 0.05) is 0 Å². The molecule has 0 aromatic rings. The quantitative estimate of drug-likeness (QED) is 0.162. The van der Waals surface area contributed by atoms with E-state index in [1.165, 1.54) is 76.5 Å². The highest BCUT2D eigenvalue weighted by molar-refractivity contribution is 9.39. The van der Waals surface area contributed by atoms with Crippen molar-refractivity contribution in [3.8, 4) is 0 Å². The number of hydrogen-bond acceptors (Lipinski definition) is 0. The summed E-state index contributed by atoms with van der Waals surface area (Å²) in [7, 11) is 0. The van der Waals surface area contributed by atoms with Crippen molar-refractivity contribution < 1.29 is 0 Å². The Hall–Kier alpha value is 1.82. The number of unbranched alkanes of at least 4 members (excludes halogenated alkanes) is 8. The second-order valence-corrected chi connectivity index (χ2v) is 17.3. The molecule has 24 heavy (non-hydrogen) atoms. The first kappa shape index (κ1) is 28.0. The molecule has 0 aliphatic rings. The van der Waals surface area contributed by atoms with Gasteiger partial charge in [0.25, 0.3) is 0 Å². The normalized spacial score (nSPS) is 13.8. The van der Waals surface area contributed by atoms with Crippen molar-refractivity contribution in [2.75, 3.05) is 12.3 Å². The fourth-order valence-electron chi connectivity index (χ4n) is 2.25. The maximum Gasteiger partial charge on any atom is -0.0168 e. The Morgan fingerprint density at radius 3 is 1.08 bits per heavy atom. The third-order valence-electron chi connectivity index (χ3n) is 4.07. The van der Waals surface area contributed by atoms with Crippen LogP contribution in [0.1, 0.15) is 106 Å². The van der Waals surface area contributed by atoms with E-state index >= 15 is 0 Å². The third-order valence-corrected chi connectivity index (χ3v) is 14.8. The van der Waals surface area contributed by atoms with E-state index in [2.05, 4.69) is 72.5 Å². The predicted octanol–water partition coefficient (Wildman–Crippen LogP) is 10.3. The molecule has 0 heterocycles. The second-order valence-electron chi connectivity index (χ2n) is 7.26. The van der Waals surface area contributed by atoms with E-state index in [1.54, 1.807) is 0 Å². The van der Waals surface area contributed by atoms with Gasteiger partial charge in [-0.05, 0) is 49.7 Å². The molecule has 0 aliphatic heterocycles. The average molecular weight is 506 g/mol.